The summed E-state index contributed by atoms with van der Waals surface area (Å²) in [4.78, 5) is 35.2. The van der Waals surface area contributed by atoms with E-state index >= 15 is 0 Å². The summed E-state index contributed by atoms with van der Waals surface area (Å²) in [6, 6.07) is 4.83. The number of urea groups is 1. The van der Waals surface area contributed by atoms with Gasteiger partial charge in [0.2, 0.25) is 0 Å². The van der Waals surface area contributed by atoms with Crippen molar-refractivity contribution in [2.45, 2.75) is 31.9 Å². The topological polar surface area (TPSA) is 144 Å². The number of hydrogen-bond donors (Lipinski definition) is 4. The Labute approximate surface area is 192 Å². The fourth-order valence-corrected chi connectivity index (χ4v) is 2.96. The lowest BCUT2D eigenvalue weighted by atomic mass is 10.1. The summed E-state index contributed by atoms with van der Waals surface area (Å²) in [7, 11) is 0. The van der Waals surface area contributed by atoms with Crippen molar-refractivity contribution in [1.82, 2.24) is 30.9 Å². The van der Waals surface area contributed by atoms with E-state index in [-0.39, 0.29) is 24.3 Å². The molecular weight excluding hydrogens is 462 g/mol. The first kappa shape index (κ1) is 26.5. The predicted molar refractivity (Wildman–Crippen MR) is 113 cm³/mol. The second kappa shape index (κ2) is 12.5. The predicted octanol–water partition coefficient (Wildman–Crippen LogP) is 1.64. The van der Waals surface area contributed by atoms with Crippen LogP contribution in [0.1, 0.15) is 45.8 Å². The van der Waals surface area contributed by atoms with Gasteiger partial charge in [0.1, 0.15) is 6.54 Å². The molecule has 4 amide bonds. The van der Waals surface area contributed by atoms with Gasteiger partial charge in [-0.05, 0) is 43.5 Å². The highest BCUT2D eigenvalue weighted by Crippen LogP contribution is 2.18. The standard InChI is InChI=1S/C20H25F4N7O3/c21-9-3-1-2-4-15-16(18(33)26-10-11-27-19(25)34)29-30-31(15)14-7-5-13(6-8-14)17(32)28-12-20(22,23)24/h5-8H,1-4,9-12H2,(H,26,33)(H,28,32)(H3,25,27,34). The van der Waals surface area contributed by atoms with Crippen molar-refractivity contribution < 1.29 is 31.9 Å². The molecule has 1 heterocycles. The molecule has 0 aliphatic heterocycles. The average Bonchev–Trinajstić information content (AvgIpc) is 3.21. The van der Waals surface area contributed by atoms with E-state index in [1.807, 2.05) is 0 Å². The first-order chi connectivity index (χ1) is 16.1. The van der Waals surface area contributed by atoms with Gasteiger partial charge in [-0.25, -0.2) is 9.48 Å². The maximum Gasteiger partial charge on any atom is 0.405 e. The van der Waals surface area contributed by atoms with E-state index in [1.165, 1.54) is 28.9 Å². The summed E-state index contributed by atoms with van der Waals surface area (Å²) in [5.41, 5.74) is 5.88. The molecule has 10 nitrogen and oxygen atoms in total. The van der Waals surface area contributed by atoms with Crippen LogP contribution in [0.5, 0.6) is 0 Å². The van der Waals surface area contributed by atoms with Gasteiger partial charge in [-0.1, -0.05) is 11.6 Å². The van der Waals surface area contributed by atoms with E-state index in [1.54, 1.807) is 5.32 Å². The molecule has 0 unspecified atom stereocenters. The van der Waals surface area contributed by atoms with Gasteiger partial charge in [0.25, 0.3) is 11.8 Å². The van der Waals surface area contributed by atoms with Crippen LogP contribution >= 0.6 is 0 Å². The van der Waals surface area contributed by atoms with E-state index in [2.05, 4.69) is 20.9 Å². The van der Waals surface area contributed by atoms with Gasteiger partial charge >= 0.3 is 12.2 Å². The molecule has 186 valence electrons. The number of unbranched alkanes of at least 4 members (excludes halogenated alkanes) is 2. The zero-order chi connectivity index (χ0) is 25.1. The van der Waals surface area contributed by atoms with Crippen molar-refractivity contribution in [3.8, 4) is 5.69 Å². The summed E-state index contributed by atoms with van der Waals surface area (Å²) < 4.78 is 50.7. The highest BCUT2D eigenvalue weighted by Gasteiger charge is 2.28. The van der Waals surface area contributed by atoms with E-state index in [9.17, 15) is 31.9 Å². The maximum absolute atomic E-state index is 12.6. The molecule has 0 saturated carbocycles. The van der Waals surface area contributed by atoms with Crippen LogP contribution in [-0.2, 0) is 6.42 Å². The Kier molecular flexibility index (Phi) is 9.76. The number of halogens is 4. The molecule has 14 heteroatoms. The van der Waals surface area contributed by atoms with Crippen molar-refractivity contribution >= 4 is 17.8 Å². The lowest BCUT2D eigenvalue weighted by Crippen LogP contribution is -2.37. The Morgan fingerprint density at radius 2 is 1.62 bits per heavy atom. The number of primary amides is 1. The monoisotopic (exact) mass is 487 g/mol. The molecule has 2 rings (SSSR count). The summed E-state index contributed by atoms with van der Waals surface area (Å²) in [6.07, 6.45) is -2.69. The Hall–Kier alpha value is -3.71. The van der Waals surface area contributed by atoms with Crippen LogP contribution in [0.4, 0.5) is 22.4 Å². The number of benzene rings is 1. The molecule has 0 atom stereocenters. The van der Waals surface area contributed by atoms with Crippen molar-refractivity contribution in [3.05, 3.63) is 41.2 Å². The molecule has 0 fully saturated rings. The summed E-state index contributed by atoms with van der Waals surface area (Å²) in [6.45, 7) is -1.71. The molecule has 0 saturated heterocycles. The van der Waals surface area contributed by atoms with Crippen LogP contribution in [0.2, 0.25) is 0 Å². The zero-order valence-electron chi connectivity index (χ0n) is 18.1. The number of carbonyl (C=O) groups is 3. The average molecular weight is 487 g/mol. The van der Waals surface area contributed by atoms with E-state index in [0.717, 1.165) is 0 Å². The minimum absolute atomic E-state index is 0.0116. The first-order valence-electron chi connectivity index (χ1n) is 10.4. The van der Waals surface area contributed by atoms with Crippen LogP contribution in [0.3, 0.4) is 0 Å². The summed E-state index contributed by atoms with van der Waals surface area (Å²) in [5.74, 6) is -1.43. The third kappa shape index (κ3) is 8.33. The zero-order valence-corrected chi connectivity index (χ0v) is 18.1. The lowest BCUT2D eigenvalue weighted by Gasteiger charge is -2.10. The number of nitrogens with one attached hydrogen (secondary N) is 3. The Morgan fingerprint density at radius 1 is 0.941 bits per heavy atom. The molecule has 1 aromatic carbocycles. The molecule has 0 spiro atoms. The van der Waals surface area contributed by atoms with Gasteiger partial charge in [0, 0.05) is 18.7 Å². The van der Waals surface area contributed by atoms with Gasteiger partial charge in [-0.3, -0.25) is 14.0 Å². The highest BCUT2D eigenvalue weighted by molar-refractivity contribution is 5.94. The fourth-order valence-electron chi connectivity index (χ4n) is 2.96. The second-order valence-corrected chi connectivity index (χ2v) is 7.19. The molecular formula is C20H25F4N7O3. The van der Waals surface area contributed by atoms with Crippen molar-refractivity contribution in [2.75, 3.05) is 26.3 Å². The van der Waals surface area contributed by atoms with E-state index < -0.39 is 37.2 Å². The van der Waals surface area contributed by atoms with Gasteiger partial charge in [-0.2, -0.15) is 13.2 Å². The molecule has 34 heavy (non-hydrogen) atoms. The van der Waals surface area contributed by atoms with Gasteiger partial charge < -0.3 is 21.7 Å². The molecule has 5 N–H and O–H groups in total. The Balaban J connectivity index is 2.18. The third-order valence-corrected chi connectivity index (χ3v) is 4.56. The van der Waals surface area contributed by atoms with Crippen molar-refractivity contribution in [3.63, 3.8) is 0 Å². The molecule has 0 aliphatic carbocycles. The minimum atomic E-state index is -4.53. The number of nitrogens with zero attached hydrogens (tertiary/aromatic N) is 3. The van der Waals surface area contributed by atoms with Crippen molar-refractivity contribution in [2.24, 2.45) is 5.73 Å². The number of aromatic nitrogens is 3. The lowest BCUT2D eigenvalue weighted by molar-refractivity contribution is -0.123. The SMILES string of the molecule is NC(=O)NCCNC(=O)c1nnn(-c2ccc(C(=O)NCC(F)(F)F)cc2)c1CCCCCF. The summed E-state index contributed by atoms with van der Waals surface area (Å²) >= 11 is 0. The van der Waals surface area contributed by atoms with Crippen LogP contribution in [-0.4, -0.2) is 65.3 Å². The molecule has 2 aromatic rings. The number of nitrogens with two attached hydrogens (primary N) is 1. The van der Waals surface area contributed by atoms with Gasteiger partial charge in [0.05, 0.1) is 18.1 Å². The van der Waals surface area contributed by atoms with E-state index in [0.29, 0.717) is 37.1 Å². The quantitative estimate of drug-likeness (QED) is 0.266. The van der Waals surface area contributed by atoms with Crippen LogP contribution < -0.4 is 21.7 Å². The molecule has 0 aliphatic rings. The number of rotatable bonds is 12. The Bertz CT molecular complexity index is 978. The third-order valence-electron chi connectivity index (χ3n) is 4.56. The minimum Gasteiger partial charge on any atom is -0.352 e. The van der Waals surface area contributed by atoms with Crippen LogP contribution in [0.15, 0.2) is 24.3 Å². The highest BCUT2D eigenvalue weighted by atomic mass is 19.4. The number of hydrogen-bond acceptors (Lipinski definition) is 5. The number of amides is 4. The smallest absolute Gasteiger partial charge is 0.352 e. The second-order valence-electron chi connectivity index (χ2n) is 7.19. The maximum atomic E-state index is 12.6. The van der Waals surface area contributed by atoms with E-state index in [4.69, 9.17) is 5.73 Å². The van der Waals surface area contributed by atoms with Gasteiger partial charge in [-0.15, -0.1) is 5.10 Å². The molecule has 1 aromatic heterocycles. The molecule has 0 radical (unpaired) electrons. The van der Waals surface area contributed by atoms with Crippen molar-refractivity contribution in [1.29, 1.82) is 0 Å². The number of carbonyl (C=O) groups excluding carboxylic acids is 3. The normalized spacial score (nSPS) is 11.2. The van der Waals surface area contributed by atoms with Crippen LogP contribution in [0.25, 0.3) is 5.69 Å². The van der Waals surface area contributed by atoms with Gasteiger partial charge in [0.15, 0.2) is 5.69 Å². The fraction of sp³-hybridized carbons (Fsp3) is 0.450. The first-order valence-corrected chi connectivity index (χ1v) is 10.4. The Morgan fingerprint density at radius 3 is 2.24 bits per heavy atom. The molecule has 0 bridgehead atoms. The van der Waals surface area contributed by atoms with Crippen LogP contribution in [0, 0.1) is 0 Å². The summed E-state index contributed by atoms with van der Waals surface area (Å²) in [5, 5.41) is 14.6. The largest absolute Gasteiger partial charge is 0.405 e. The number of alkyl halides is 4.